The summed E-state index contributed by atoms with van der Waals surface area (Å²) >= 11 is 1.35. The van der Waals surface area contributed by atoms with Crippen LogP contribution in [0, 0.1) is 23.2 Å². The molecule has 3 saturated carbocycles. The second kappa shape index (κ2) is 8.08. The van der Waals surface area contributed by atoms with E-state index >= 15 is 0 Å². The summed E-state index contributed by atoms with van der Waals surface area (Å²) in [5.41, 5.74) is 0.678. The van der Waals surface area contributed by atoms with E-state index in [1.807, 2.05) is 36.1 Å². The molecule has 1 aliphatic heterocycles. The van der Waals surface area contributed by atoms with Gasteiger partial charge < -0.3 is 4.90 Å². The van der Waals surface area contributed by atoms with Gasteiger partial charge in [0.05, 0.1) is 22.7 Å². The van der Waals surface area contributed by atoms with Crippen LogP contribution in [0.2, 0.25) is 0 Å². The molecule has 4 aliphatic rings. The zero-order valence-corrected chi connectivity index (χ0v) is 23.9. The monoisotopic (exact) mass is 565 g/mol. The van der Waals surface area contributed by atoms with Crippen molar-refractivity contribution in [3.8, 4) is 16.9 Å². The largest absolute Gasteiger partial charge is 0.342 e. The van der Waals surface area contributed by atoms with Gasteiger partial charge in [-0.2, -0.15) is 5.26 Å². The highest BCUT2D eigenvalue weighted by Gasteiger charge is 2.59. The molecule has 39 heavy (non-hydrogen) atoms. The van der Waals surface area contributed by atoms with E-state index in [0.29, 0.717) is 28.9 Å². The lowest BCUT2D eigenvalue weighted by Crippen LogP contribution is -2.42. The molecule has 2 atom stereocenters. The highest BCUT2D eigenvalue weighted by Crippen LogP contribution is 2.60. The highest BCUT2D eigenvalue weighted by molar-refractivity contribution is 7.89. The van der Waals surface area contributed by atoms with Gasteiger partial charge in [0, 0.05) is 36.2 Å². The third-order valence-corrected chi connectivity index (χ3v) is 11.9. The van der Waals surface area contributed by atoms with E-state index in [4.69, 9.17) is 4.98 Å². The molecule has 0 radical (unpaired) electrons. The average Bonchev–Trinajstić information content (AvgIpc) is 3.86. The van der Waals surface area contributed by atoms with E-state index < -0.39 is 21.0 Å². The summed E-state index contributed by atoms with van der Waals surface area (Å²) in [5.74, 6) is 0.931. The molecular formula is C27H31N7O3S2. The van der Waals surface area contributed by atoms with Crippen molar-refractivity contribution in [3.05, 3.63) is 29.0 Å². The first-order chi connectivity index (χ1) is 18.5. The number of rotatable bonds is 7. The lowest BCUT2D eigenvalue weighted by molar-refractivity contribution is -0.135. The Labute approximate surface area is 231 Å². The first kappa shape index (κ1) is 25.1. The van der Waals surface area contributed by atoms with Gasteiger partial charge in [-0.3, -0.25) is 9.20 Å². The number of aromatic nitrogens is 4. The van der Waals surface area contributed by atoms with Crippen LogP contribution in [-0.4, -0.2) is 57.4 Å². The second-order valence-electron chi connectivity index (χ2n) is 12.4. The maximum atomic E-state index is 13.6. The van der Waals surface area contributed by atoms with Gasteiger partial charge in [0.25, 0.3) is 0 Å². The van der Waals surface area contributed by atoms with Crippen LogP contribution in [0.15, 0.2) is 23.4 Å². The molecule has 12 heteroatoms. The van der Waals surface area contributed by atoms with Gasteiger partial charge in [-0.25, -0.2) is 18.1 Å². The summed E-state index contributed by atoms with van der Waals surface area (Å²) in [5, 5.41) is 19.5. The summed E-state index contributed by atoms with van der Waals surface area (Å²) < 4.78 is 31.9. The minimum absolute atomic E-state index is 0.0451. The third-order valence-electron chi connectivity index (χ3n) is 9.14. The molecule has 10 nitrogen and oxygen atoms in total. The normalized spacial score (nSPS) is 26.3. The number of hydrogen-bond donors (Lipinski definition) is 1. The number of likely N-dealkylation sites (tertiary alicyclic amines) is 1. The zero-order chi connectivity index (χ0) is 27.4. The SMILES string of the molecule is CC(C)C(=O)N1CC[C@@]2(c3cc(S(=O)(=O)NC4(C)CC4)cn4c(-c5nnc(C6(C#N)CC6)s5)ncc34)C[C@H]2C1. The van der Waals surface area contributed by atoms with Gasteiger partial charge in [-0.1, -0.05) is 25.2 Å². The number of nitrogens with zero attached hydrogens (tertiary/aromatic N) is 6. The fourth-order valence-electron chi connectivity index (χ4n) is 6.10. The van der Waals surface area contributed by atoms with Crippen molar-refractivity contribution >= 4 is 32.8 Å². The van der Waals surface area contributed by atoms with Crippen LogP contribution in [0.1, 0.15) is 69.9 Å². The summed E-state index contributed by atoms with van der Waals surface area (Å²) in [6.45, 7) is 7.13. The molecule has 204 valence electrons. The quantitative estimate of drug-likeness (QED) is 0.464. The Morgan fingerprint density at radius 3 is 2.64 bits per heavy atom. The topological polar surface area (TPSA) is 133 Å². The molecular weight excluding hydrogens is 534 g/mol. The Balaban J connectivity index is 1.33. The highest BCUT2D eigenvalue weighted by atomic mass is 32.2. The lowest BCUT2D eigenvalue weighted by Gasteiger charge is -2.33. The number of pyridine rings is 1. The van der Waals surface area contributed by atoms with E-state index in [-0.39, 0.29) is 28.1 Å². The van der Waals surface area contributed by atoms with E-state index in [1.165, 1.54) is 11.3 Å². The van der Waals surface area contributed by atoms with Crippen LogP contribution in [0.25, 0.3) is 16.3 Å². The van der Waals surface area contributed by atoms with Crippen molar-refractivity contribution in [2.24, 2.45) is 11.8 Å². The molecule has 0 unspecified atom stereocenters. The van der Waals surface area contributed by atoms with E-state index in [2.05, 4.69) is 21.0 Å². The van der Waals surface area contributed by atoms with Gasteiger partial charge >= 0.3 is 0 Å². The Bertz CT molecular complexity index is 1680. The maximum Gasteiger partial charge on any atom is 0.242 e. The second-order valence-corrected chi connectivity index (χ2v) is 15.1. The Morgan fingerprint density at radius 2 is 2.00 bits per heavy atom. The van der Waals surface area contributed by atoms with Crippen molar-refractivity contribution in [1.82, 2.24) is 29.2 Å². The summed E-state index contributed by atoms with van der Waals surface area (Å²) in [4.78, 5) is 19.6. The van der Waals surface area contributed by atoms with Gasteiger partial charge in [0.2, 0.25) is 15.9 Å². The number of fused-ring (bicyclic) bond motifs is 2. The number of nitriles is 1. The van der Waals surface area contributed by atoms with Gasteiger partial charge in [0.15, 0.2) is 10.8 Å². The number of sulfonamides is 1. The van der Waals surface area contributed by atoms with E-state index in [0.717, 1.165) is 49.6 Å². The molecule has 4 fully saturated rings. The predicted octanol–water partition coefficient (Wildman–Crippen LogP) is 3.38. The van der Waals surface area contributed by atoms with E-state index in [9.17, 15) is 18.5 Å². The first-order valence-electron chi connectivity index (χ1n) is 13.6. The van der Waals surface area contributed by atoms with Gasteiger partial charge in [-0.15, -0.1) is 10.2 Å². The van der Waals surface area contributed by atoms with Crippen LogP contribution in [-0.2, 0) is 25.6 Å². The summed E-state index contributed by atoms with van der Waals surface area (Å²) in [6, 6.07) is 4.20. The standard InChI is InChI=1S/C27H31N7O3S2/c1-16(2)23(35)33-9-8-27(11-17(27)13-33)19-10-18(39(36,37)32-25(3)4-5-25)14-34-20(19)12-29-21(34)22-30-31-24(38-22)26(15-28)6-7-26/h10,12,14,16-17,32H,4-9,11,13H2,1-3H3/t17-,27+/m0/s1. The number of carbonyl (C=O) groups is 1. The van der Waals surface area contributed by atoms with Crippen LogP contribution in [0.3, 0.4) is 0 Å². The number of amides is 1. The predicted molar refractivity (Wildman–Crippen MR) is 144 cm³/mol. The van der Waals surface area contributed by atoms with Crippen LogP contribution >= 0.6 is 11.3 Å². The summed E-state index contributed by atoms with van der Waals surface area (Å²) in [7, 11) is -3.78. The van der Waals surface area contributed by atoms with Crippen molar-refractivity contribution in [1.29, 1.82) is 5.26 Å². The number of nitrogens with one attached hydrogen (secondary N) is 1. The van der Waals surface area contributed by atoms with Crippen molar-refractivity contribution in [2.75, 3.05) is 13.1 Å². The Hall–Kier alpha value is -2.88. The molecule has 0 aromatic carbocycles. The fraction of sp³-hybridized carbons (Fsp3) is 0.593. The van der Waals surface area contributed by atoms with Crippen LogP contribution < -0.4 is 4.72 Å². The number of hydrogen-bond acceptors (Lipinski definition) is 8. The third kappa shape index (κ3) is 3.92. The number of carbonyl (C=O) groups excluding carboxylic acids is 1. The van der Waals surface area contributed by atoms with Crippen molar-refractivity contribution < 1.29 is 13.2 Å². The van der Waals surface area contributed by atoms with E-state index in [1.54, 1.807) is 12.4 Å². The molecule has 0 spiro atoms. The average molecular weight is 566 g/mol. The number of imidazole rings is 1. The minimum Gasteiger partial charge on any atom is -0.342 e. The number of piperidine rings is 1. The Kier molecular flexibility index (Phi) is 5.20. The smallest absolute Gasteiger partial charge is 0.242 e. The molecule has 1 N–H and O–H groups in total. The lowest BCUT2D eigenvalue weighted by atomic mass is 9.86. The van der Waals surface area contributed by atoms with Crippen LogP contribution in [0.5, 0.6) is 0 Å². The van der Waals surface area contributed by atoms with Gasteiger partial charge in [-0.05, 0) is 63.0 Å². The fourth-order valence-corrected chi connectivity index (χ4v) is 8.62. The molecule has 1 amide bonds. The van der Waals surface area contributed by atoms with Gasteiger partial charge in [0.1, 0.15) is 10.4 Å². The molecule has 7 rings (SSSR count). The molecule has 1 saturated heterocycles. The molecule has 0 bridgehead atoms. The first-order valence-corrected chi connectivity index (χ1v) is 15.9. The molecule has 3 aliphatic carbocycles. The van der Waals surface area contributed by atoms with Crippen LogP contribution in [0.4, 0.5) is 0 Å². The molecule has 4 heterocycles. The maximum absolute atomic E-state index is 13.6. The molecule has 3 aromatic rings. The molecule has 3 aromatic heterocycles. The summed E-state index contributed by atoms with van der Waals surface area (Å²) in [6.07, 6.45) is 8.32. The zero-order valence-electron chi connectivity index (χ0n) is 22.3. The van der Waals surface area contributed by atoms with Crippen molar-refractivity contribution in [3.63, 3.8) is 0 Å². The Morgan fingerprint density at radius 1 is 1.23 bits per heavy atom. The minimum atomic E-state index is -3.78. The van der Waals surface area contributed by atoms with Crippen molar-refractivity contribution in [2.45, 2.75) is 80.6 Å².